The van der Waals surface area contributed by atoms with Crippen LogP contribution in [0.5, 0.6) is 0 Å². The Balaban J connectivity index is 1.13. The van der Waals surface area contributed by atoms with Crippen LogP contribution >= 0.6 is 23.4 Å². The first-order valence-electron chi connectivity index (χ1n) is 13.2. The van der Waals surface area contributed by atoms with Crippen LogP contribution in [-0.4, -0.2) is 59.2 Å². The summed E-state index contributed by atoms with van der Waals surface area (Å²) in [6, 6.07) is 14.1. The molecule has 1 aromatic heterocycles. The fraction of sp³-hybridized carbons (Fsp3) is 0.414. The Morgan fingerprint density at radius 2 is 1.89 bits per heavy atom. The van der Waals surface area contributed by atoms with Crippen LogP contribution < -0.4 is 10.6 Å². The maximum absolute atomic E-state index is 13.4. The topological polar surface area (TPSA) is 84.6 Å². The molecule has 3 aliphatic heterocycles. The molecule has 2 N–H and O–H groups in total. The number of nitrogens with zero attached hydrogens (tertiary/aromatic N) is 4. The first-order valence-corrected chi connectivity index (χ1v) is 14.4. The number of hydrogen-bond acceptors (Lipinski definition) is 7. The first kappa shape index (κ1) is 25.6. The Labute approximate surface area is 232 Å². The molecule has 2 atom stereocenters. The van der Waals surface area contributed by atoms with Crippen LogP contribution in [0.4, 0.5) is 5.82 Å². The molecule has 0 aliphatic carbocycles. The molecule has 38 heavy (non-hydrogen) atoms. The number of benzene rings is 2. The zero-order valence-corrected chi connectivity index (χ0v) is 23.0. The van der Waals surface area contributed by atoms with Gasteiger partial charge < -0.3 is 20.3 Å². The molecule has 2 fully saturated rings. The SMILES string of the molecule is C[C@@H]1OCC2(CCN(c3cnc(Sc4ccc5c(c4Cl)C(=O)N(Cc4ccccc4)CC5)cn3)CC2)[C@@H]1N. The summed E-state index contributed by atoms with van der Waals surface area (Å²) in [5.41, 5.74) is 9.26. The predicted octanol–water partition coefficient (Wildman–Crippen LogP) is 4.81. The van der Waals surface area contributed by atoms with Gasteiger partial charge >= 0.3 is 0 Å². The van der Waals surface area contributed by atoms with Gasteiger partial charge in [-0.3, -0.25) is 4.79 Å². The van der Waals surface area contributed by atoms with Crippen molar-refractivity contribution in [1.82, 2.24) is 14.9 Å². The average Bonchev–Trinajstić information content (AvgIpc) is 3.21. The van der Waals surface area contributed by atoms with Gasteiger partial charge in [0.25, 0.3) is 5.91 Å². The second-order valence-corrected chi connectivity index (χ2v) is 12.0. The van der Waals surface area contributed by atoms with Crippen molar-refractivity contribution in [2.24, 2.45) is 11.1 Å². The quantitative estimate of drug-likeness (QED) is 0.489. The molecule has 1 amide bonds. The molecular weight excluding hydrogens is 518 g/mol. The summed E-state index contributed by atoms with van der Waals surface area (Å²) >= 11 is 8.27. The van der Waals surface area contributed by atoms with Crippen molar-refractivity contribution in [2.45, 2.75) is 54.8 Å². The average molecular weight is 550 g/mol. The largest absolute Gasteiger partial charge is 0.376 e. The van der Waals surface area contributed by atoms with Gasteiger partial charge in [0.05, 0.1) is 35.7 Å². The van der Waals surface area contributed by atoms with Crippen LogP contribution in [0.3, 0.4) is 0 Å². The molecular formula is C29H32ClN5O2S. The zero-order valence-electron chi connectivity index (χ0n) is 21.5. The summed E-state index contributed by atoms with van der Waals surface area (Å²) in [6.45, 7) is 5.87. The Kier molecular flexibility index (Phi) is 7.07. The molecule has 3 aliphatic rings. The molecule has 3 aromatic rings. The van der Waals surface area contributed by atoms with E-state index in [4.69, 9.17) is 27.1 Å². The maximum Gasteiger partial charge on any atom is 0.256 e. The van der Waals surface area contributed by atoms with E-state index in [0.717, 1.165) is 65.8 Å². The van der Waals surface area contributed by atoms with Gasteiger partial charge in [-0.25, -0.2) is 9.97 Å². The lowest BCUT2D eigenvalue weighted by molar-refractivity contribution is 0.0727. The lowest BCUT2D eigenvalue weighted by Crippen LogP contribution is -2.50. The van der Waals surface area contributed by atoms with E-state index >= 15 is 0 Å². The fourth-order valence-electron chi connectivity index (χ4n) is 5.88. The minimum Gasteiger partial charge on any atom is -0.376 e. The summed E-state index contributed by atoms with van der Waals surface area (Å²) in [5, 5.41) is 1.24. The van der Waals surface area contributed by atoms with Crippen molar-refractivity contribution in [2.75, 3.05) is 31.1 Å². The molecule has 1 spiro atoms. The van der Waals surface area contributed by atoms with Crippen molar-refractivity contribution in [3.8, 4) is 0 Å². The van der Waals surface area contributed by atoms with Crippen molar-refractivity contribution >= 4 is 35.1 Å². The van der Waals surface area contributed by atoms with Crippen molar-refractivity contribution in [1.29, 1.82) is 0 Å². The Morgan fingerprint density at radius 3 is 2.58 bits per heavy atom. The molecule has 7 nitrogen and oxygen atoms in total. The Bertz CT molecular complexity index is 1310. The predicted molar refractivity (Wildman–Crippen MR) is 150 cm³/mol. The first-order chi connectivity index (χ1) is 18.4. The lowest BCUT2D eigenvalue weighted by atomic mass is 9.73. The van der Waals surface area contributed by atoms with Crippen LogP contribution in [0.1, 0.15) is 41.3 Å². The number of rotatable bonds is 5. The van der Waals surface area contributed by atoms with E-state index < -0.39 is 0 Å². The van der Waals surface area contributed by atoms with Crippen LogP contribution in [0.2, 0.25) is 5.02 Å². The minimum atomic E-state index is -0.0198. The normalized spacial score (nSPS) is 22.7. The summed E-state index contributed by atoms with van der Waals surface area (Å²) in [6.07, 6.45) is 6.52. The van der Waals surface area contributed by atoms with E-state index in [1.165, 1.54) is 11.8 Å². The molecule has 6 rings (SSSR count). The van der Waals surface area contributed by atoms with Gasteiger partial charge in [0, 0.05) is 42.5 Å². The maximum atomic E-state index is 13.4. The van der Waals surface area contributed by atoms with Gasteiger partial charge in [-0.1, -0.05) is 59.8 Å². The molecule has 2 aromatic carbocycles. The second-order valence-electron chi connectivity index (χ2n) is 10.6. The van der Waals surface area contributed by atoms with E-state index in [9.17, 15) is 4.79 Å². The molecule has 0 radical (unpaired) electrons. The van der Waals surface area contributed by atoms with Crippen LogP contribution in [-0.2, 0) is 17.7 Å². The van der Waals surface area contributed by atoms with Crippen molar-refractivity contribution in [3.63, 3.8) is 0 Å². The van der Waals surface area contributed by atoms with Crippen molar-refractivity contribution < 1.29 is 9.53 Å². The third-order valence-electron chi connectivity index (χ3n) is 8.32. The number of piperidine rings is 1. The highest BCUT2D eigenvalue weighted by molar-refractivity contribution is 7.99. The summed E-state index contributed by atoms with van der Waals surface area (Å²) in [4.78, 5) is 27.7. The minimum absolute atomic E-state index is 0.0198. The van der Waals surface area contributed by atoms with Gasteiger partial charge in [-0.15, -0.1) is 0 Å². The Hall–Kier alpha value is -2.65. The van der Waals surface area contributed by atoms with Gasteiger partial charge in [0.2, 0.25) is 0 Å². The second kappa shape index (κ2) is 10.5. The molecule has 198 valence electrons. The highest BCUT2D eigenvalue weighted by Gasteiger charge is 2.47. The van der Waals surface area contributed by atoms with Gasteiger partial charge in [-0.05, 0) is 43.4 Å². The number of anilines is 1. The van der Waals surface area contributed by atoms with E-state index in [0.29, 0.717) is 23.7 Å². The summed E-state index contributed by atoms with van der Waals surface area (Å²) < 4.78 is 5.85. The number of halogens is 1. The number of amides is 1. The van der Waals surface area contributed by atoms with E-state index in [2.05, 4.69) is 16.8 Å². The van der Waals surface area contributed by atoms with Crippen LogP contribution in [0.25, 0.3) is 0 Å². The highest BCUT2D eigenvalue weighted by atomic mass is 35.5. The number of fused-ring (bicyclic) bond motifs is 1. The van der Waals surface area contributed by atoms with Gasteiger partial charge in [0.1, 0.15) is 10.8 Å². The molecule has 4 heterocycles. The lowest BCUT2D eigenvalue weighted by Gasteiger charge is -2.41. The third-order valence-corrected chi connectivity index (χ3v) is 9.80. The van der Waals surface area contributed by atoms with Crippen LogP contribution in [0, 0.1) is 5.41 Å². The molecule has 0 bridgehead atoms. The molecule has 2 saturated heterocycles. The number of aromatic nitrogens is 2. The van der Waals surface area contributed by atoms with Gasteiger partial charge in [-0.2, -0.15) is 0 Å². The Morgan fingerprint density at radius 1 is 1.11 bits per heavy atom. The zero-order chi connectivity index (χ0) is 26.3. The summed E-state index contributed by atoms with van der Waals surface area (Å²) in [7, 11) is 0. The molecule has 0 unspecified atom stereocenters. The standard InChI is InChI=1S/C29H32ClN5O2S/c1-19-27(31)29(18-37-19)10-13-34(14-11-29)23-15-33-24(16-32-23)38-22-8-7-21-9-12-35(28(36)25(21)26(22)30)17-20-5-3-2-4-6-20/h2-8,15-16,19,27H,9-14,17-18,31H2,1H3/t19-,27+/m0/s1. The van der Waals surface area contributed by atoms with Gasteiger partial charge in [0.15, 0.2) is 0 Å². The molecule has 0 saturated carbocycles. The fourth-order valence-corrected chi connectivity index (χ4v) is 7.02. The van der Waals surface area contributed by atoms with Crippen LogP contribution in [0.15, 0.2) is 64.8 Å². The highest BCUT2D eigenvalue weighted by Crippen LogP contribution is 2.42. The van der Waals surface area contributed by atoms with Crippen molar-refractivity contribution in [3.05, 3.63) is 76.6 Å². The number of nitrogens with two attached hydrogens (primary N) is 1. The number of carbonyl (C=O) groups is 1. The number of hydrogen-bond donors (Lipinski definition) is 1. The smallest absolute Gasteiger partial charge is 0.256 e. The van der Waals surface area contributed by atoms with E-state index in [1.54, 1.807) is 6.20 Å². The molecule has 9 heteroatoms. The number of carbonyl (C=O) groups excluding carboxylic acids is 1. The monoisotopic (exact) mass is 549 g/mol. The van der Waals surface area contributed by atoms with E-state index in [1.807, 2.05) is 53.6 Å². The number of ether oxygens (including phenoxy) is 1. The summed E-state index contributed by atoms with van der Waals surface area (Å²) in [5.74, 6) is 0.849. The third kappa shape index (κ3) is 4.79. The van der Waals surface area contributed by atoms with E-state index in [-0.39, 0.29) is 23.5 Å².